The number of carbonyl (C=O) groups excluding carboxylic acids is 4. The van der Waals surface area contributed by atoms with Gasteiger partial charge in [0.25, 0.3) is 5.91 Å². The Hall–Kier alpha value is -5.17. The highest BCUT2D eigenvalue weighted by Crippen LogP contribution is 2.62. The summed E-state index contributed by atoms with van der Waals surface area (Å²) in [5.41, 5.74) is -1.38. The second-order valence-electron chi connectivity index (χ2n) is 20.5. The molecule has 0 spiro atoms. The van der Waals surface area contributed by atoms with Crippen LogP contribution in [0.3, 0.4) is 0 Å². The molecule has 6 aliphatic rings. The van der Waals surface area contributed by atoms with Crippen molar-refractivity contribution >= 4 is 40.8 Å². The number of aliphatic hydroxyl groups is 4. The van der Waals surface area contributed by atoms with E-state index in [1.165, 1.54) is 39.2 Å². The third kappa shape index (κ3) is 8.63. The van der Waals surface area contributed by atoms with E-state index in [9.17, 15) is 39.6 Å². The van der Waals surface area contributed by atoms with Crippen LogP contribution in [0, 0.1) is 23.7 Å². The molecular formula is C53H73N5O12. The first kappa shape index (κ1) is 52.6. The molecule has 0 aromatic heterocycles. The zero-order valence-electron chi connectivity index (χ0n) is 42.4. The van der Waals surface area contributed by atoms with Gasteiger partial charge >= 0.3 is 11.9 Å². The van der Waals surface area contributed by atoms with Gasteiger partial charge < -0.3 is 44.7 Å². The average molecular weight is 972 g/mol. The van der Waals surface area contributed by atoms with Gasteiger partial charge in [-0.05, 0) is 107 Å². The van der Waals surface area contributed by atoms with Crippen molar-refractivity contribution in [2.75, 3.05) is 72.7 Å². The maximum absolute atomic E-state index is 14.7. The summed E-state index contributed by atoms with van der Waals surface area (Å²) in [4.78, 5) is 64.6. The van der Waals surface area contributed by atoms with Gasteiger partial charge in [0.1, 0.15) is 22.7 Å². The number of nitrogens with zero attached hydrogens (tertiary/aromatic N) is 4. The molecule has 382 valence electrons. The zero-order chi connectivity index (χ0) is 51.1. The van der Waals surface area contributed by atoms with E-state index >= 15 is 0 Å². The molecule has 0 bridgehead atoms. The van der Waals surface area contributed by atoms with Gasteiger partial charge in [0.2, 0.25) is 5.91 Å². The third-order valence-corrected chi connectivity index (χ3v) is 15.9. The topological polar surface area (TPSA) is 220 Å². The number of piperidine rings is 4. The van der Waals surface area contributed by atoms with Crippen LogP contribution in [0.15, 0.2) is 64.7 Å². The molecule has 70 heavy (non-hydrogen) atoms. The Morgan fingerprint density at radius 2 is 1.33 bits per heavy atom. The van der Waals surface area contributed by atoms with Crippen LogP contribution in [0.25, 0.3) is 0 Å². The molecule has 9 atom stereocenters. The first-order chi connectivity index (χ1) is 33.3. The summed E-state index contributed by atoms with van der Waals surface area (Å²) >= 11 is 0. The van der Waals surface area contributed by atoms with Gasteiger partial charge in [0.05, 0.1) is 75.9 Å². The average Bonchev–Trinajstić information content (AvgIpc) is 3.80. The maximum Gasteiger partial charge on any atom is 0.333 e. The lowest BCUT2D eigenvalue weighted by atomic mass is 9.61. The minimum absolute atomic E-state index is 0.0335. The molecular weight excluding hydrogens is 899 g/mol. The molecule has 4 saturated heterocycles. The highest BCUT2D eigenvalue weighted by Gasteiger charge is 2.74. The van der Waals surface area contributed by atoms with Crippen molar-refractivity contribution in [2.45, 2.75) is 114 Å². The van der Waals surface area contributed by atoms with Crippen LogP contribution in [0.2, 0.25) is 0 Å². The Bertz CT molecular complexity index is 2430. The van der Waals surface area contributed by atoms with Crippen LogP contribution >= 0.6 is 0 Å². The van der Waals surface area contributed by atoms with Crippen LogP contribution in [-0.2, 0) is 39.9 Å². The summed E-state index contributed by atoms with van der Waals surface area (Å²) in [6.07, 6.45) is 6.42. The normalized spacial score (nSPS) is 30.4. The van der Waals surface area contributed by atoms with Gasteiger partial charge in [-0.2, -0.15) is 0 Å². The summed E-state index contributed by atoms with van der Waals surface area (Å²) in [6.45, 7) is 13.2. The number of carbonyl (C=O) groups is 4. The van der Waals surface area contributed by atoms with Crippen molar-refractivity contribution in [3.8, 4) is 11.5 Å². The van der Waals surface area contributed by atoms with Crippen LogP contribution in [-0.4, -0.2) is 151 Å². The zero-order valence-corrected chi connectivity index (χ0v) is 42.4. The number of nitrogens with one attached hydrogen (secondary N) is 1. The first-order valence-electron chi connectivity index (χ1n) is 24.6. The monoisotopic (exact) mass is 972 g/mol. The van der Waals surface area contributed by atoms with E-state index in [1.807, 2.05) is 45.9 Å². The molecule has 17 heteroatoms. The first-order valence-corrected chi connectivity index (χ1v) is 24.6. The quantitative estimate of drug-likeness (QED) is 0.157. The van der Waals surface area contributed by atoms with Crippen molar-refractivity contribution in [3.05, 3.63) is 70.8 Å². The molecule has 8 rings (SSSR count). The number of hydrogen-bond donors (Lipinski definition) is 5. The van der Waals surface area contributed by atoms with Crippen molar-refractivity contribution in [3.63, 3.8) is 0 Å². The molecule has 2 aromatic rings. The molecule has 6 aliphatic heterocycles. The van der Waals surface area contributed by atoms with Crippen LogP contribution in [0.1, 0.15) is 91.2 Å². The number of aliphatic hydroxyl groups excluding tert-OH is 2. The van der Waals surface area contributed by atoms with E-state index in [0.29, 0.717) is 66.2 Å². The lowest BCUT2D eigenvalue weighted by Crippen LogP contribution is -2.80. The fourth-order valence-electron chi connectivity index (χ4n) is 12.9. The lowest BCUT2D eigenvalue weighted by Gasteiger charge is -2.60. The highest BCUT2D eigenvalue weighted by atomic mass is 16.5. The summed E-state index contributed by atoms with van der Waals surface area (Å²) in [6, 6.07) is 10.1. The lowest BCUT2D eigenvalue weighted by molar-refractivity contribution is -0.168. The summed E-state index contributed by atoms with van der Waals surface area (Å²) in [7, 11) is 5.79. The molecule has 2 aromatic carbocycles. The summed E-state index contributed by atoms with van der Waals surface area (Å²) in [5.74, 6) is -0.867. The van der Waals surface area contributed by atoms with Gasteiger partial charge in [0.15, 0.2) is 5.54 Å². The molecule has 2 amide bonds. The van der Waals surface area contributed by atoms with Gasteiger partial charge in [-0.25, -0.2) is 9.59 Å². The van der Waals surface area contributed by atoms with E-state index in [4.69, 9.17) is 23.9 Å². The number of aliphatic imine (C=N–C) groups is 1. The number of anilines is 1. The second kappa shape index (κ2) is 20.5. The molecule has 0 saturated carbocycles. The predicted octanol–water partition coefficient (Wildman–Crippen LogP) is 4.30. The van der Waals surface area contributed by atoms with E-state index in [-0.39, 0.29) is 55.3 Å². The summed E-state index contributed by atoms with van der Waals surface area (Å²) in [5, 5.41) is 47.0. The SMILES string of the molecule is CC[C@@H]1CN2CC[C@@]3(O)C(=Nc4cccc(OC)c43)[C@@H]2C[C@@H]1/C(=C\CO)C(=O)OC.CC[C@@H]1CN2CC[C@]3(O)c4c(OC)cccc4N(C(C)=O)C3(C(=O)NC(C)(C)C)C2C[C@@H]1/C(=C\CO)C(=O)OC. The third-order valence-electron chi connectivity index (χ3n) is 15.9. The van der Waals surface area contributed by atoms with Gasteiger partial charge in [0, 0.05) is 55.8 Å². The van der Waals surface area contributed by atoms with Crippen molar-refractivity contribution in [1.29, 1.82) is 0 Å². The van der Waals surface area contributed by atoms with Crippen molar-refractivity contribution in [2.24, 2.45) is 28.7 Å². The molecule has 0 radical (unpaired) electrons. The largest absolute Gasteiger partial charge is 0.496 e. The van der Waals surface area contributed by atoms with Crippen LogP contribution in [0.4, 0.5) is 11.4 Å². The maximum atomic E-state index is 14.7. The molecule has 17 nitrogen and oxygen atoms in total. The number of methoxy groups -OCH3 is 4. The minimum Gasteiger partial charge on any atom is -0.496 e. The fraction of sp³-hybridized carbons (Fsp3) is 0.604. The van der Waals surface area contributed by atoms with Gasteiger partial charge in [-0.3, -0.25) is 29.3 Å². The standard InChI is InChI=1S/C30H43N3O7.C23H30N2O5/c1-8-19-17-32-14-13-29(38)25-22(10-9-11-23(25)39-6)33(18(2)35)30(29,27(37)31-28(3,4)5)24(32)16-21(19)20(12-15-34)26(36)40-7;1-4-14-13-25-10-9-23(28)20-17(6-5-7-19(20)29-2)24-21(23)18(25)12-16(14)15(8-11-26)22(27)30-3/h9-12,19,21,24,34,38H,8,13-17H2,1-7H3,(H,31,37);5-8,14,16,18,26,28H,4,9-13H2,1-3H3/b20-12+;15-8+/t19-,21+,24?,29+,30?;14-,16+,18+,23+/m11/s1. The fourth-order valence-corrected chi connectivity index (χ4v) is 12.9. The van der Waals surface area contributed by atoms with Crippen LogP contribution in [0.5, 0.6) is 11.5 Å². The van der Waals surface area contributed by atoms with Crippen molar-refractivity contribution < 1.29 is 58.6 Å². The van der Waals surface area contributed by atoms with E-state index < -0.39 is 46.2 Å². The predicted molar refractivity (Wildman–Crippen MR) is 263 cm³/mol. The minimum atomic E-state index is -1.77. The Kier molecular flexibility index (Phi) is 15.4. The smallest absolute Gasteiger partial charge is 0.333 e. The second-order valence-corrected chi connectivity index (χ2v) is 20.5. The number of ether oxygens (including phenoxy) is 4. The van der Waals surface area contributed by atoms with Crippen LogP contribution < -0.4 is 19.7 Å². The van der Waals surface area contributed by atoms with E-state index in [1.54, 1.807) is 31.4 Å². The summed E-state index contributed by atoms with van der Waals surface area (Å²) < 4.78 is 21.3. The van der Waals surface area contributed by atoms with E-state index in [0.717, 1.165) is 42.9 Å². The number of benzene rings is 2. The molecule has 4 fully saturated rings. The molecule has 5 N–H and O–H groups in total. The van der Waals surface area contributed by atoms with E-state index in [2.05, 4.69) is 22.0 Å². The van der Waals surface area contributed by atoms with Gasteiger partial charge in [-0.15, -0.1) is 0 Å². The Morgan fingerprint density at radius 3 is 1.86 bits per heavy atom. The number of rotatable bonds is 11. The Morgan fingerprint density at radius 1 is 0.786 bits per heavy atom. The molecule has 2 unspecified atom stereocenters. The molecule has 6 heterocycles. The number of hydrogen-bond acceptors (Lipinski definition) is 15. The Labute approximate surface area is 411 Å². The highest BCUT2D eigenvalue weighted by molar-refractivity contribution is 6.09. The van der Waals surface area contributed by atoms with Crippen molar-refractivity contribution in [1.82, 2.24) is 15.1 Å². The number of fused-ring (bicyclic) bond motifs is 10. The number of amides is 2. The number of esters is 2. The van der Waals surface area contributed by atoms with Gasteiger partial charge in [-0.1, -0.05) is 38.8 Å². The Balaban J connectivity index is 0.000000215. The molecule has 0 aliphatic carbocycles.